The van der Waals surface area contributed by atoms with E-state index in [1.54, 1.807) is 0 Å². The first-order valence-corrected chi connectivity index (χ1v) is 6.23. The Labute approximate surface area is 116 Å². The summed E-state index contributed by atoms with van der Waals surface area (Å²) in [7, 11) is 0. The molecule has 0 radical (unpaired) electrons. The molecule has 9 heteroatoms. The van der Waals surface area contributed by atoms with Gasteiger partial charge in [-0.15, -0.1) is 0 Å². The molecule has 2 heterocycles. The second kappa shape index (κ2) is 5.17. The smallest absolute Gasteiger partial charge is 0.354 e. The van der Waals surface area contributed by atoms with Crippen LogP contribution in [0.4, 0.5) is 17.3 Å². The maximum absolute atomic E-state index is 11.3. The highest BCUT2D eigenvalue weighted by Gasteiger charge is 2.36. The molecule has 2 rings (SSSR count). The van der Waals surface area contributed by atoms with Crippen molar-refractivity contribution in [1.29, 1.82) is 0 Å². The van der Waals surface area contributed by atoms with Crippen molar-refractivity contribution in [3.05, 3.63) is 16.4 Å². The second-order valence-electron chi connectivity index (χ2n) is 5.36. The molecule has 0 spiro atoms. The van der Waals surface area contributed by atoms with Crippen molar-refractivity contribution in [2.24, 2.45) is 5.84 Å². The van der Waals surface area contributed by atoms with Gasteiger partial charge in [-0.3, -0.25) is 10.1 Å². The van der Waals surface area contributed by atoms with Crippen molar-refractivity contribution in [2.75, 3.05) is 23.4 Å². The van der Waals surface area contributed by atoms with Gasteiger partial charge in [0.25, 0.3) is 0 Å². The van der Waals surface area contributed by atoms with Gasteiger partial charge in [-0.2, -0.15) is 0 Å². The number of morpholine rings is 1. The minimum atomic E-state index is -0.530. The van der Waals surface area contributed by atoms with Gasteiger partial charge in [0.1, 0.15) is 6.33 Å². The molecule has 0 aliphatic carbocycles. The summed E-state index contributed by atoms with van der Waals surface area (Å²) in [6.07, 6.45) is 1.20. The first-order chi connectivity index (χ1) is 9.34. The van der Waals surface area contributed by atoms with Gasteiger partial charge in [0.05, 0.1) is 16.6 Å². The molecule has 1 saturated heterocycles. The maximum atomic E-state index is 11.3. The predicted molar refractivity (Wildman–Crippen MR) is 73.3 cm³/mol. The number of nitrogen functional groups attached to an aromatic ring is 1. The van der Waals surface area contributed by atoms with Gasteiger partial charge in [-0.05, 0) is 20.8 Å². The quantitative estimate of drug-likeness (QED) is 0.471. The van der Waals surface area contributed by atoms with Crippen LogP contribution in [0.15, 0.2) is 6.33 Å². The topological polar surface area (TPSA) is 119 Å². The minimum absolute atomic E-state index is 0.00282. The van der Waals surface area contributed by atoms with Crippen LogP contribution in [0.2, 0.25) is 0 Å². The molecular weight excluding hydrogens is 264 g/mol. The lowest BCUT2D eigenvalue weighted by molar-refractivity contribution is -0.383. The molecule has 1 aromatic heterocycles. The third kappa shape index (κ3) is 2.78. The van der Waals surface area contributed by atoms with Crippen molar-refractivity contribution in [3.8, 4) is 0 Å². The number of hydrogen-bond acceptors (Lipinski definition) is 8. The fraction of sp³-hybridized carbons (Fsp3) is 0.636. The Balaban J connectivity index is 2.44. The fourth-order valence-electron chi connectivity index (χ4n) is 2.49. The lowest BCUT2D eigenvalue weighted by Gasteiger charge is -2.41. The summed E-state index contributed by atoms with van der Waals surface area (Å²) in [6, 6.07) is 0. The molecule has 0 aromatic carbocycles. The molecule has 0 amide bonds. The summed E-state index contributed by atoms with van der Waals surface area (Å²) in [5, 5.41) is 11.3. The van der Waals surface area contributed by atoms with Gasteiger partial charge in [-0.1, -0.05) is 0 Å². The molecule has 0 bridgehead atoms. The molecule has 1 atom stereocenters. The number of nitrogens with two attached hydrogens (primary N) is 1. The number of hydrogen-bond donors (Lipinski definition) is 2. The van der Waals surface area contributed by atoms with Crippen molar-refractivity contribution in [3.63, 3.8) is 0 Å². The summed E-state index contributed by atoms with van der Waals surface area (Å²) >= 11 is 0. The average Bonchev–Trinajstić information content (AvgIpc) is 2.35. The molecule has 1 aliphatic rings. The van der Waals surface area contributed by atoms with Crippen LogP contribution in [-0.4, -0.2) is 39.7 Å². The molecule has 3 N–H and O–H groups in total. The van der Waals surface area contributed by atoms with Gasteiger partial charge < -0.3 is 15.1 Å². The third-order valence-electron chi connectivity index (χ3n) is 2.99. The van der Waals surface area contributed by atoms with E-state index in [0.29, 0.717) is 13.1 Å². The Bertz CT molecular complexity index is 521. The number of anilines is 2. The Morgan fingerprint density at radius 2 is 2.30 bits per heavy atom. The van der Waals surface area contributed by atoms with E-state index < -0.39 is 10.5 Å². The zero-order valence-corrected chi connectivity index (χ0v) is 11.7. The first-order valence-electron chi connectivity index (χ1n) is 6.23. The van der Waals surface area contributed by atoms with Crippen molar-refractivity contribution < 1.29 is 9.66 Å². The first kappa shape index (κ1) is 14.4. The number of hydrazine groups is 1. The lowest BCUT2D eigenvalue weighted by atomic mass is 10.1. The predicted octanol–water partition coefficient (Wildman–Crippen LogP) is 0.674. The summed E-state index contributed by atoms with van der Waals surface area (Å²) in [5.74, 6) is 5.53. The lowest BCUT2D eigenvalue weighted by Crippen LogP contribution is -2.52. The minimum Gasteiger partial charge on any atom is -0.369 e. The molecule has 20 heavy (non-hydrogen) atoms. The van der Waals surface area contributed by atoms with Crippen LogP contribution < -0.4 is 16.2 Å². The van der Waals surface area contributed by atoms with Crippen molar-refractivity contribution >= 4 is 17.3 Å². The van der Waals surface area contributed by atoms with Crippen LogP contribution in [0.25, 0.3) is 0 Å². The Morgan fingerprint density at radius 3 is 2.85 bits per heavy atom. The van der Waals surface area contributed by atoms with E-state index in [1.807, 2.05) is 25.7 Å². The average molecular weight is 282 g/mol. The fourth-order valence-corrected chi connectivity index (χ4v) is 2.49. The van der Waals surface area contributed by atoms with Crippen LogP contribution >= 0.6 is 0 Å². The Morgan fingerprint density at radius 1 is 1.60 bits per heavy atom. The maximum Gasteiger partial charge on any atom is 0.354 e. The highest BCUT2D eigenvalue weighted by Crippen LogP contribution is 2.34. The van der Waals surface area contributed by atoms with Crippen LogP contribution in [0.5, 0.6) is 0 Å². The van der Waals surface area contributed by atoms with E-state index in [1.165, 1.54) is 6.33 Å². The number of aromatic nitrogens is 2. The van der Waals surface area contributed by atoms with E-state index in [2.05, 4.69) is 15.4 Å². The van der Waals surface area contributed by atoms with E-state index in [0.717, 1.165) is 0 Å². The molecule has 0 saturated carbocycles. The molecule has 1 fully saturated rings. The summed E-state index contributed by atoms with van der Waals surface area (Å²) in [4.78, 5) is 20.4. The Hall–Kier alpha value is -2.00. The van der Waals surface area contributed by atoms with Gasteiger partial charge in [-0.25, -0.2) is 15.8 Å². The summed E-state index contributed by atoms with van der Waals surface area (Å²) < 4.78 is 5.79. The van der Waals surface area contributed by atoms with Crippen LogP contribution in [0.3, 0.4) is 0 Å². The normalized spacial score (nSPS) is 21.6. The molecule has 9 nitrogen and oxygen atoms in total. The number of nitrogens with zero attached hydrogens (tertiary/aromatic N) is 4. The monoisotopic (exact) mass is 282 g/mol. The summed E-state index contributed by atoms with van der Waals surface area (Å²) in [6.45, 7) is 6.81. The largest absolute Gasteiger partial charge is 0.369 e. The van der Waals surface area contributed by atoms with E-state index >= 15 is 0 Å². The van der Waals surface area contributed by atoms with E-state index in [4.69, 9.17) is 10.6 Å². The Kier molecular flexibility index (Phi) is 3.73. The zero-order valence-electron chi connectivity index (χ0n) is 11.7. The van der Waals surface area contributed by atoms with Gasteiger partial charge in [0.2, 0.25) is 11.6 Å². The van der Waals surface area contributed by atoms with Gasteiger partial charge in [0, 0.05) is 13.1 Å². The number of nitrogens with one attached hydrogen (secondary N) is 1. The molecule has 110 valence electrons. The number of rotatable bonds is 3. The highest BCUT2D eigenvalue weighted by molar-refractivity contribution is 5.70. The standard InChI is InChI=1S/C11H18N6O3/c1-7-4-16(5-11(2,3)20-7)10-8(17(18)19)9(15-12)13-6-14-10/h6-7H,4-5,12H2,1-3H3,(H,13,14,15). The third-order valence-corrected chi connectivity index (χ3v) is 2.99. The molecular formula is C11H18N6O3. The van der Waals surface area contributed by atoms with Crippen LogP contribution in [0.1, 0.15) is 20.8 Å². The van der Waals surface area contributed by atoms with Crippen LogP contribution in [-0.2, 0) is 4.74 Å². The molecule has 1 aliphatic heterocycles. The van der Waals surface area contributed by atoms with Gasteiger partial charge >= 0.3 is 5.69 Å². The highest BCUT2D eigenvalue weighted by atomic mass is 16.6. The summed E-state index contributed by atoms with van der Waals surface area (Å²) in [5.41, 5.74) is 1.61. The molecule has 1 aromatic rings. The van der Waals surface area contributed by atoms with Crippen LogP contribution in [0, 0.1) is 10.1 Å². The van der Waals surface area contributed by atoms with Gasteiger partial charge in [0.15, 0.2) is 0 Å². The zero-order chi connectivity index (χ0) is 14.9. The van der Waals surface area contributed by atoms with E-state index in [9.17, 15) is 10.1 Å². The second-order valence-corrected chi connectivity index (χ2v) is 5.36. The van der Waals surface area contributed by atoms with Crippen molar-refractivity contribution in [2.45, 2.75) is 32.5 Å². The van der Waals surface area contributed by atoms with E-state index in [-0.39, 0.29) is 23.4 Å². The number of ether oxygens (including phenoxy) is 1. The number of nitro groups is 1. The molecule has 1 unspecified atom stereocenters. The van der Waals surface area contributed by atoms with Crippen molar-refractivity contribution in [1.82, 2.24) is 9.97 Å². The SMILES string of the molecule is CC1CN(c2ncnc(NN)c2[N+](=O)[O-])CC(C)(C)O1.